The molecule has 18 heavy (non-hydrogen) atoms. The van der Waals surface area contributed by atoms with Crippen molar-refractivity contribution in [3.05, 3.63) is 35.4 Å². The summed E-state index contributed by atoms with van der Waals surface area (Å²) < 4.78 is 0. The maximum atomic E-state index is 11.1. The van der Waals surface area contributed by atoms with E-state index in [1.165, 1.54) is 6.92 Å². The van der Waals surface area contributed by atoms with Crippen molar-refractivity contribution in [1.29, 1.82) is 0 Å². The molecule has 1 amide bonds. The minimum atomic E-state index is -0.105. The SMILES string of the molecule is CC(=O)c1ccc(C#CCNC(=O)CCCl)cc1. The molecule has 3 nitrogen and oxygen atoms in total. The zero-order valence-electron chi connectivity index (χ0n) is 10.1. The molecule has 1 aromatic carbocycles. The highest BCUT2D eigenvalue weighted by molar-refractivity contribution is 6.18. The van der Waals surface area contributed by atoms with Gasteiger partial charge in [0.15, 0.2) is 5.78 Å². The van der Waals surface area contributed by atoms with Gasteiger partial charge in [0.25, 0.3) is 0 Å². The van der Waals surface area contributed by atoms with E-state index in [0.29, 0.717) is 24.4 Å². The van der Waals surface area contributed by atoms with Gasteiger partial charge in [-0.2, -0.15) is 0 Å². The van der Waals surface area contributed by atoms with E-state index in [0.717, 1.165) is 5.56 Å². The molecule has 0 saturated heterocycles. The Kier molecular flexibility index (Phi) is 5.96. The van der Waals surface area contributed by atoms with Crippen LogP contribution in [0, 0.1) is 11.8 Å². The highest BCUT2D eigenvalue weighted by atomic mass is 35.5. The summed E-state index contributed by atoms with van der Waals surface area (Å²) in [7, 11) is 0. The molecule has 0 atom stereocenters. The van der Waals surface area contributed by atoms with Crippen molar-refractivity contribution in [1.82, 2.24) is 5.32 Å². The van der Waals surface area contributed by atoms with E-state index in [4.69, 9.17) is 11.6 Å². The van der Waals surface area contributed by atoms with Crippen LogP contribution in [0.3, 0.4) is 0 Å². The van der Waals surface area contributed by atoms with Crippen LogP contribution in [0.15, 0.2) is 24.3 Å². The topological polar surface area (TPSA) is 46.2 Å². The molecule has 1 N–H and O–H groups in total. The van der Waals surface area contributed by atoms with Crippen molar-refractivity contribution >= 4 is 23.3 Å². The van der Waals surface area contributed by atoms with Crippen LogP contribution in [-0.2, 0) is 4.79 Å². The van der Waals surface area contributed by atoms with Gasteiger partial charge in [-0.05, 0) is 19.1 Å². The first-order valence-electron chi connectivity index (χ1n) is 5.56. The lowest BCUT2D eigenvalue weighted by molar-refractivity contribution is -0.120. The average Bonchev–Trinajstić information content (AvgIpc) is 2.35. The molecule has 0 bridgehead atoms. The summed E-state index contributed by atoms with van der Waals surface area (Å²) in [5.74, 6) is 5.97. The summed E-state index contributed by atoms with van der Waals surface area (Å²) in [4.78, 5) is 22.1. The molecule has 1 rings (SSSR count). The summed E-state index contributed by atoms with van der Waals surface area (Å²) in [5.41, 5.74) is 1.47. The van der Waals surface area contributed by atoms with Crippen molar-refractivity contribution in [3.63, 3.8) is 0 Å². The largest absolute Gasteiger partial charge is 0.345 e. The Morgan fingerprint density at radius 3 is 2.50 bits per heavy atom. The molecule has 0 spiro atoms. The fourth-order valence-electron chi connectivity index (χ4n) is 1.25. The minimum absolute atomic E-state index is 0.0304. The molecule has 0 aromatic heterocycles. The molecule has 0 heterocycles. The molecule has 0 aliphatic rings. The Labute approximate surface area is 112 Å². The quantitative estimate of drug-likeness (QED) is 0.513. The number of carbonyl (C=O) groups excluding carboxylic acids is 2. The predicted molar refractivity (Wildman–Crippen MR) is 71.7 cm³/mol. The number of benzene rings is 1. The lowest BCUT2D eigenvalue weighted by Crippen LogP contribution is -2.23. The van der Waals surface area contributed by atoms with Crippen LogP contribution in [0.1, 0.15) is 29.3 Å². The predicted octanol–water partition coefficient (Wildman–Crippen LogP) is 1.99. The monoisotopic (exact) mass is 263 g/mol. The number of amides is 1. The Bertz CT molecular complexity index is 483. The lowest BCUT2D eigenvalue weighted by atomic mass is 10.1. The molecule has 0 aliphatic carbocycles. The number of ketones is 1. The third-order valence-electron chi connectivity index (χ3n) is 2.22. The second kappa shape index (κ2) is 7.52. The van der Waals surface area contributed by atoms with Gasteiger partial charge >= 0.3 is 0 Å². The van der Waals surface area contributed by atoms with Crippen LogP contribution in [-0.4, -0.2) is 24.1 Å². The third kappa shape index (κ3) is 5.03. The third-order valence-corrected chi connectivity index (χ3v) is 2.41. The molecule has 0 unspecified atom stereocenters. The summed E-state index contributed by atoms with van der Waals surface area (Å²) in [5, 5.41) is 2.63. The van der Waals surface area contributed by atoms with E-state index in [1.54, 1.807) is 24.3 Å². The zero-order chi connectivity index (χ0) is 13.4. The average molecular weight is 264 g/mol. The highest BCUT2D eigenvalue weighted by Crippen LogP contribution is 2.03. The number of hydrogen-bond donors (Lipinski definition) is 1. The van der Waals surface area contributed by atoms with Gasteiger partial charge in [0, 0.05) is 23.4 Å². The first-order valence-corrected chi connectivity index (χ1v) is 6.09. The summed E-state index contributed by atoms with van der Waals surface area (Å²) in [6.45, 7) is 1.82. The van der Waals surface area contributed by atoms with Crippen molar-refractivity contribution in [2.45, 2.75) is 13.3 Å². The summed E-state index contributed by atoms with van der Waals surface area (Å²) >= 11 is 5.42. The number of halogens is 1. The second-order valence-corrected chi connectivity index (χ2v) is 4.03. The Hall–Kier alpha value is -1.79. The summed E-state index contributed by atoms with van der Waals surface area (Å²) in [6, 6.07) is 7.03. The van der Waals surface area contributed by atoms with E-state index in [-0.39, 0.29) is 11.7 Å². The second-order valence-electron chi connectivity index (χ2n) is 3.65. The maximum Gasteiger partial charge on any atom is 0.221 e. The fourth-order valence-corrected chi connectivity index (χ4v) is 1.42. The number of Topliss-reactive ketones (excluding diaryl/α,β-unsaturated/α-hetero) is 1. The van der Waals surface area contributed by atoms with Gasteiger partial charge in [-0.3, -0.25) is 9.59 Å². The molecule has 0 fully saturated rings. The van der Waals surface area contributed by atoms with Crippen LogP contribution in [0.5, 0.6) is 0 Å². The van der Waals surface area contributed by atoms with Gasteiger partial charge in [-0.15, -0.1) is 11.6 Å². The van der Waals surface area contributed by atoms with Gasteiger partial charge in [-0.1, -0.05) is 24.0 Å². The Morgan fingerprint density at radius 2 is 1.94 bits per heavy atom. The fraction of sp³-hybridized carbons (Fsp3) is 0.286. The van der Waals surface area contributed by atoms with Crippen LogP contribution in [0.4, 0.5) is 0 Å². The van der Waals surface area contributed by atoms with Crippen molar-refractivity contribution in [2.75, 3.05) is 12.4 Å². The lowest BCUT2D eigenvalue weighted by Gasteiger charge is -1.97. The van der Waals surface area contributed by atoms with Gasteiger partial charge in [0.05, 0.1) is 6.54 Å². The minimum Gasteiger partial charge on any atom is -0.345 e. The summed E-state index contributed by atoms with van der Waals surface area (Å²) in [6.07, 6.45) is 0.302. The van der Waals surface area contributed by atoms with E-state index in [9.17, 15) is 9.59 Å². The Balaban J connectivity index is 2.48. The Morgan fingerprint density at radius 1 is 1.28 bits per heavy atom. The van der Waals surface area contributed by atoms with Crippen LogP contribution < -0.4 is 5.32 Å². The number of hydrogen-bond acceptors (Lipinski definition) is 2. The molecule has 4 heteroatoms. The smallest absolute Gasteiger partial charge is 0.221 e. The van der Waals surface area contributed by atoms with Gasteiger partial charge < -0.3 is 5.32 Å². The number of carbonyl (C=O) groups is 2. The highest BCUT2D eigenvalue weighted by Gasteiger charge is 1.97. The van der Waals surface area contributed by atoms with E-state index in [1.807, 2.05) is 0 Å². The van der Waals surface area contributed by atoms with Crippen molar-refractivity contribution < 1.29 is 9.59 Å². The number of rotatable bonds is 4. The van der Waals surface area contributed by atoms with E-state index < -0.39 is 0 Å². The van der Waals surface area contributed by atoms with E-state index >= 15 is 0 Å². The van der Waals surface area contributed by atoms with Crippen LogP contribution in [0.25, 0.3) is 0 Å². The van der Waals surface area contributed by atoms with Crippen LogP contribution >= 0.6 is 11.6 Å². The molecule has 0 saturated carbocycles. The van der Waals surface area contributed by atoms with Gasteiger partial charge in [-0.25, -0.2) is 0 Å². The van der Waals surface area contributed by atoms with Crippen molar-refractivity contribution in [2.24, 2.45) is 0 Å². The maximum absolute atomic E-state index is 11.1. The van der Waals surface area contributed by atoms with Crippen LogP contribution in [0.2, 0.25) is 0 Å². The van der Waals surface area contributed by atoms with E-state index in [2.05, 4.69) is 17.2 Å². The number of nitrogens with one attached hydrogen (secondary N) is 1. The van der Waals surface area contributed by atoms with Crippen molar-refractivity contribution in [3.8, 4) is 11.8 Å². The molecule has 94 valence electrons. The first-order chi connectivity index (χ1) is 8.63. The standard InChI is InChI=1S/C14H14ClNO2/c1-11(17)13-6-4-12(5-7-13)3-2-10-16-14(18)8-9-15/h4-7H,8-10H2,1H3,(H,16,18). The normalized spacial score (nSPS) is 9.22. The van der Waals surface area contributed by atoms with Gasteiger partial charge in [0.2, 0.25) is 5.91 Å². The molecular formula is C14H14ClNO2. The molecule has 0 aliphatic heterocycles. The van der Waals surface area contributed by atoms with Gasteiger partial charge in [0.1, 0.15) is 0 Å². The number of alkyl halides is 1. The molecule has 0 radical (unpaired) electrons. The first kappa shape index (κ1) is 14.3. The molecular weight excluding hydrogens is 250 g/mol. The zero-order valence-corrected chi connectivity index (χ0v) is 10.9. The molecule has 1 aromatic rings.